The van der Waals surface area contributed by atoms with Crippen molar-refractivity contribution in [1.82, 2.24) is 0 Å². The molecule has 0 bridgehead atoms. The van der Waals surface area contributed by atoms with Crippen molar-refractivity contribution in [2.24, 2.45) is 0 Å². The summed E-state index contributed by atoms with van der Waals surface area (Å²) in [4.78, 5) is 0. The number of ether oxygens (including phenoxy) is 1. The average molecular weight is 349 g/mol. The van der Waals surface area contributed by atoms with E-state index in [-0.39, 0.29) is 5.75 Å². The summed E-state index contributed by atoms with van der Waals surface area (Å²) in [6.45, 7) is 0. The molecule has 1 atom stereocenters. The summed E-state index contributed by atoms with van der Waals surface area (Å²) in [7, 11) is 0. The lowest BCUT2D eigenvalue weighted by Crippen LogP contribution is -2.27. The molecule has 20 heavy (non-hydrogen) atoms. The summed E-state index contributed by atoms with van der Waals surface area (Å²) < 4.78 is 58.3. The SMILES string of the molecule is Fc1ccccc1C(Oc1ccc(Br)cc1)C(F)(F)F. The zero-order valence-corrected chi connectivity index (χ0v) is 11.6. The van der Waals surface area contributed by atoms with Crippen molar-refractivity contribution in [1.29, 1.82) is 0 Å². The van der Waals surface area contributed by atoms with Crippen LogP contribution in [0.2, 0.25) is 0 Å². The number of hydrogen-bond donors (Lipinski definition) is 0. The van der Waals surface area contributed by atoms with Gasteiger partial charge in [0.15, 0.2) is 0 Å². The minimum atomic E-state index is -4.71. The van der Waals surface area contributed by atoms with E-state index in [1.165, 1.54) is 24.3 Å². The van der Waals surface area contributed by atoms with Gasteiger partial charge in [0.25, 0.3) is 0 Å². The molecule has 1 nitrogen and oxygen atoms in total. The number of hydrogen-bond acceptors (Lipinski definition) is 1. The Hall–Kier alpha value is -1.56. The molecule has 0 heterocycles. The monoisotopic (exact) mass is 348 g/mol. The Bertz CT molecular complexity index is 580. The molecule has 0 radical (unpaired) electrons. The third kappa shape index (κ3) is 3.50. The summed E-state index contributed by atoms with van der Waals surface area (Å²) in [6.07, 6.45) is -7.06. The Morgan fingerprint density at radius 2 is 1.55 bits per heavy atom. The molecule has 0 spiro atoms. The topological polar surface area (TPSA) is 9.23 Å². The fourth-order valence-electron chi connectivity index (χ4n) is 1.64. The molecule has 0 aliphatic rings. The van der Waals surface area contributed by atoms with E-state index in [0.29, 0.717) is 4.47 Å². The quantitative estimate of drug-likeness (QED) is 0.686. The molecule has 0 aliphatic heterocycles. The Kier molecular flexibility index (Phi) is 4.32. The molecule has 2 aromatic rings. The average Bonchev–Trinajstić information content (AvgIpc) is 2.38. The van der Waals surface area contributed by atoms with Crippen molar-refractivity contribution in [2.75, 3.05) is 0 Å². The number of benzene rings is 2. The van der Waals surface area contributed by atoms with Gasteiger partial charge in [-0.3, -0.25) is 0 Å². The van der Waals surface area contributed by atoms with Crippen molar-refractivity contribution in [2.45, 2.75) is 12.3 Å². The van der Waals surface area contributed by atoms with Crippen molar-refractivity contribution in [3.05, 3.63) is 64.4 Å². The predicted molar refractivity (Wildman–Crippen MR) is 70.0 cm³/mol. The van der Waals surface area contributed by atoms with Gasteiger partial charge in [0.05, 0.1) is 0 Å². The van der Waals surface area contributed by atoms with E-state index < -0.39 is 23.7 Å². The zero-order valence-electron chi connectivity index (χ0n) is 9.99. The lowest BCUT2D eigenvalue weighted by atomic mass is 10.1. The van der Waals surface area contributed by atoms with E-state index >= 15 is 0 Å². The van der Waals surface area contributed by atoms with Crippen LogP contribution in [0, 0.1) is 5.82 Å². The minimum absolute atomic E-state index is 0.0128. The molecule has 0 fully saturated rings. The van der Waals surface area contributed by atoms with Gasteiger partial charge in [0, 0.05) is 10.0 Å². The van der Waals surface area contributed by atoms with Crippen LogP contribution in [-0.4, -0.2) is 6.18 Å². The molecule has 0 saturated carbocycles. The number of rotatable bonds is 3. The molecule has 2 aromatic carbocycles. The standard InChI is InChI=1S/C14H9BrF4O/c15-9-5-7-10(8-6-9)20-13(14(17,18)19)11-3-1-2-4-12(11)16/h1-8,13H. The normalized spacial score (nSPS) is 13.1. The van der Waals surface area contributed by atoms with Gasteiger partial charge >= 0.3 is 6.18 Å². The molecule has 106 valence electrons. The van der Waals surface area contributed by atoms with Gasteiger partial charge in [-0.2, -0.15) is 13.2 Å². The summed E-state index contributed by atoms with van der Waals surface area (Å²) in [5.74, 6) is -0.939. The largest absolute Gasteiger partial charge is 0.476 e. The predicted octanol–water partition coefficient (Wildman–Crippen LogP) is 5.27. The van der Waals surface area contributed by atoms with Crippen molar-refractivity contribution in [3.8, 4) is 5.75 Å². The molecule has 0 amide bonds. The lowest BCUT2D eigenvalue weighted by molar-refractivity contribution is -0.198. The van der Waals surface area contributed by atoms with Gasteiger partial charge in [-0.25, -0.2) is 4.39 Å². The van der Waals surface area contributed by atoms with E-state index in [4.69, 9.17) is 4.74 Å². The second kappa shape index (κ2) is 5.83. The minimum Gasteiger partial charge on any atom is -0.476 e. The van der Waals surface area contributed by atoms with Gasteiger partial charge in [-0.05, 0) is 30.3 Å². The Morgan fingerprint density at radius 1 is 0.950 bits per heavy atom. The fourth-order valence-corrected chi connectivity index (χ4v) is 1.91. The van der Waals surface area contributed by atoms with Crippen LogP contribution in [0.1, 0.15) is 11.7 Å². The molecular weight excluding hydrogens is 340 g/mol. The first-order valence-corrected chi connectivity index (χ1v) is 6.40. The smallest absolute Gasteiger partial charge is 0.429 e. The molecule has 0 aromatic heterocycles. The fraction of sp³-hybridized carbons (Fsp3) is 0.143. The number of alkyl halides is 3. The van der Waals surface area contributed by atoms with Crippen molar-refractivity contribution >= 4 is 15.9 Å². The second-order valence-electron chi connectivity index (χ2n) is 4.01. The van der Waals surface area contributed by atoms with Crippen LogP contribution < -0.4 is 4.74 Å². The van der Waals surface area contributed by atoms with E-state index in [0.717, 1.165) is 12.1 Å². The van der Waals surface area contributed by atoms with E-state index in [2.05, 4.69) is 15.9 Å². The highest BCUT2D eigenvalue weighted by Crippen LogP contribution is 2.37. The van der Waals surface area contributed by atoms with Crippen LogP contribution in [0.25, 0.3) is 0 Å². The second-order valence-corrected chi connectivity index (χ2v) is 4.93. The van der Waals surface area contributed by atoms with Crippen molar-refractivity contribution in [3.63, 3.8) is 0 Å². The molecule has 0 N–H and O–H groups in total. The van der Waals surface area contributed by atoms with E-state index in [9.17, 15) is 17.6 Å². The highest BCUT2D eigenvalue weighted by Gasteiger charge is 2.44. The first-order valence-electron chi connectivity index (χ1n) is 5.61. The lowest BCUT2D eigenvalue weighted by Gasteiger charge is -2.22. The summed E-state index contributed by atoms with van der Waals surface area (Å²) in [5.41, 5.74) is -0.539. The third-order valence-corrected chi connectivity index (χ3v) is 3.08. The molecule has 1 unspecified atom stereocenters. The van der Waals surface area contributed by atoms with Gasteiger partial charge in [0.1, 0.15) is 11.6 Å². The van der Waals surface area contributed by atoms with Crippen LogP contribution in [-0.2, 0) is 0 Å². The van der Waals surface area contributed by atoms with Crippen LogP contribution >= 0.6 is 15.9 Å². The maximum atomic E-state index is 13.5. The Morgan fingerprint density at radius 3 is 2.10 bits per heavy atom. The zero-order chi connectivity index (χ0) is 14.8. The van der Waals surface area contributed by atoms with Crippen molar-refractivity contribution < 1.29 is 22.3 Å². The molecule has 2 rings (SSSR count). The Labute approximate surface area is 121 Å². The highest BCUT2D eigenvalue weighted by molar-refractivity contribution is 9.10. The summed E-state index contributed by atoms with van der Waals surface area (Å²) in [5, 5.41) is 0. The summed E-state index contributed by atoms with van der Waals surface area (Å²) >= 11 is 3.17. The van der Waals surface area contributed by atoms with Crippen LogP contribution in [0.15, 0.2) is 53.0 Å². The highest BCUT2D eigenvalue weighted by atomic mass is 79.9. The van der Waals surface area contributed by atoms with Gasteiger partial charge in [-0.15, -0.1) is 0 Å². The van der Waals surface area contributed by atoms with Gasteiger partial charge in [0.2, 0.25) is 6.10 Å². The maximum Gasteiger partial charge on any atom is 0.429 e. The summed E-state index contributed by atoms with van der Waals surface area (Å²) in [6, 6.07) is 10.5. The van der Waals surface area contributed by atoms with Crippen LogP contribution in [0.3, 0.4) is 0 Å². The number of halogens is 5. The maximum absolute atomic E-state index is 13.5. The molecule has 0 saturated heterocycles. The van der Waals surface area contributed by atoms with Gasteiger partial charge < -0.3 is 4.74 Å². The third-order valence-electron chi connectivity index (χ3n) is 2.55. The first-order chi connectivity index (χ1) is 9.38. The molecular formula is C14H9BrF4O. The van der Waals surface area contributed by atoms with E-state index in [1.807, 2.05) is 0 Å². The first kappa shape index (κ1) is 14.8. The molecule has 6 heteroatoms. The van der Waals surface area contributed by atoms with Gasteiger partial charge in [-0.1, -0.05) is 34.1 Å². The Balaban J connectivity index is 2.34. The molecule has 0 aliphatic carbocycles. The van der Waals surface area contributed by atoms with E-state index in [1.54, 1.807) is 12.1 Å². The van der Waals surface area contributed by atoms with Crippen LogP contribution in [0.5, 0.6) is 5.75 Å². The van der Waals surface area contributed by atoms with Crippen LogP contribution in [0.4, 0.5) is 17.6 Å².